The largest absolute Gasteiger partial charge is 0.487 e. The third-order valence-electron chi connectivity index (χ3n) is 14.1. The molecule has 2 saturated carbocycles. The monoisotopic (exact) mass is 808 g/mol. The first-order valence-corrected chi connectivity index (χ1v) is 23.2. The molecule has 6 aliphatic rings. The van der Waals surface area contributed by atoms with Gasteiger partial charge >= 0.3 is 0 Å². The highest BCUT2D eigenvalue weighted by molar-refractivity contribution is 7.90. The third-order valence-corrected chi connectivity index (χ3v) is 16.2. The molecule has 306 valence electrons. The van der Waals surface area contributed by atoms with E-state index in [4.69, 9.17) is 25.8 Å². The van der Waals surface area contributed by atoms with E-state index in [0.717, 1.165) is 127 Å². The van der Waals surface area contributed by atoms with Gasteiger partial charge < -0.3 is 19.1 Å². The van der Waals surface area contributed by atoms with E-state index in [-0.39, 0.29) is 11.8 Å². The molecule has 2 aliphatic carbocycles. The van der Waals surface area contributed by atoms with Gasteiger partial charge in [-0.25, -0.2) is 13.1 Å². The second-order valence-electron chi connectivity index (χ2n) is 17.6. The molecule has 0 radical (unpaired) electrons. The molecular formula is C44H61ClN4O6S. The number of carbonyl (C=O) groups excluding carboxylic acids is 1. The first-order chi connectivity index (χ1) is 27.1. The Balaban J connectivity index is 1.16. The number of hydrogen-bond acceptors (Lipinski definition) is 9. The van der Waals surface area contributed by atoms with Crippen LogP contribution in [0.4, 0.5) is 5.69 Å². The molecule has 6 atom stereocenters. The lowest BCUT2D eigenvalue weighted by molar-refractivity contribution is -0.108. The molecule has 2 bridgehead atoms. The number of carbonyl (C=O) groups is 1. The number of piperazine rings is 1. The molecule has 0 unspecified atom stereocenters. The van der Waals surface area contributed by atoms with Crippen LogP contribution in [-0.2, 0) is 32.5 Å². The maximum absolute atomic E-state index is 14.3. The van der Waals surface area contributed by atoms with E-state index < -0.39 is 26.8 Å². The number of benzene rings is 2. The number of aryl methyl sites for hydroxylation is 1. The smallest absolute Gasteiger partial charge is 0.264 e. The van der Waals surface area contributed by atoms with Crippen LogP contribution in [0, 0.1) is 23.7 Å². The van der Waals surface area contributed by atoms with Gasteiger partial charge in [0.05, 0.1) is 24.2 Å². The van der Waals surface area contributed by atoms with Crippen LogP contribution in [0.1, 0.15) is 86.2 Å². The number of amides is 1. The van der Waals surface area contributed by atoms with E-state index in [0.29, 0.717) is 48.6 Å². The van der Waals surface area contributed by atoms with Crippen LogP contribution < -0.4 is 14.4 Å². The summed E-state index contributed by atoms with van der Waals surface area (Å²) in [5, 5.41) is 0.0380. The van der Waals surface area contributed by atoms with Crippen molar-refractivity contribution in [1.29, 1.82) is 0 Å². The van der Waals surface area contributed by atoms with Gasteiger partial charge in [0, 0.05) is 69.6 Å². The zero-order valence-corrected chi connectivity index (χ0v) is 34.9. The van der Waals surface area contributed by atoms with E-state index in [1.807, 2.05) is 44.4 Å². The molecule has 0 aromatic heterocycles. The summed E-state index contributed by atoms with van der Waals surface area (Å²) in [7, 11) is -2.12. The number of hydrogen-bond donors (Lipinski definition) is 1. The molecule has 2 aromatic carbocycles. The lowest BCUT2D eigenvalue weighted by Crippen LogP contribution is -2.62. The number of ether oxygens (including phenoxy) is 3. The number of rotatable bonds is 5. The Bertz CT molecular complexity index is 1860. The van der Waals surface area contributed by atoms with Crippen molar-refractivity contribution < 1.29 is 27.4 Å². The minimum Gasteiger partial charge on any atom is -0.487 e. The van der Waals surface area contributed by atoms with Crippen molar-refractivity contribution in [2.75, 3.05) is 71.0 Å². The number of fused-ring (bicyclic) bond motifs is 4. The lowest BCUT2D eigenvalue weighted by Gasteiger charge is -2.53. The maximum atomic E-state index is 14.3. The van der Waals surface area contributed by atoms with E-state index in [9.17, 15) is 13.2 Å². The van der Waals surface area contributed by atoms with Gasteiger partial charge in [0.15, 0.2) is 0 Å². The average Bonchev–Trinajstić information content (AvgIpc) is 3.18. The fraction of sp³-hybridized carbons (Fsp3) is 0.659. The zero-order chi connectivity index (χ0) is 38.9. The van der Waals surface area contributed by atoms with Crippen LogP contribution in [0.25, 0.3) is 0 Å². The Morgan fingerprint density at radius 3 is 2.64 bits per heavy atom. The van der Waals surface area contributed by atoms with E-state index in [2.05, 4.69) is 31.6 Å². The summed E-state index contributed by atoms with van der Waals surface area (Å²) in [6.45, 7) is 10.3. The number of methoxy groups -OCH3 is 1. The number of nitrogens with one attached hydrogen (secondary N) is 1. The second kappa shape index (κ2) is 17.3. The lowest BCUT2D eigenvalue weighted by atomic mass is 9.63. The van der Waals surface area contributed by atoms with Gasteiger partial charge in [-0.2, -0.15) is 0 Å². The van der Waals surface area contributed by atoms with Crippen molar-refractivity contribution in [3.8, 4) is 5.75 Å². The van der Waals surface area contributed by atoms with Crippen molar-refractivity contribution in [1.82, 2.24) is 14.5 Å². The predicted octanol–water partition coefficient (Wildman–Crippen LogP) is 6.70. The fourth-order valence-electron chi connectivity index (χ4n) is 10.3. The normalized spacial score (nSPS) is 32.5. The van der Waals surface area contributed by atoms with Gasteiger partial charge in [0.2, 0.25) is 10.0 Å². The molecule has 2 aromatic rings. The molecule has 8 rings (SSSR count). The Morgan fingerprint density at radius 2 is 1.86 bits per heavy atom. The Hall–Kier alpha value is -2.67. The molecule has 0 spiro atoms. The van der Waals surface area contributed by atoms with E-state index in [1.165, 1.54) is 5.56 Å². The molecule has 4 fully saturated rings. The first kappa shape index (κ1) is 40.1. The van der Waals surface area contributed by atoms with Gasteiger partial charge in [-0.05, 0) is 110 Å². The summed E-state index contributed by atoms with van der Waals surface area (Å²) >= 11 is 6.44. The summed E-state index contributed by atoms with van der Waals surface area (Å²) in [6.07, 6.45) is 13.8. The minimum absolute atomic E-state index is 0.186. The molecule has 56 heavy (non-hydrogen) atoms. The standard InChI is InChI=1S/C44H61ClN4O6S/c1-31-7-6-17-44(53-2,30-47-19-20-48-21-22-54-29-38(48)27-47)39-15-12-35(39)26-49-18-4-3-10-33-24-37(45)14-11-36(33)28-55-41-16-13-34(25-40(41)49)43(50)46-56(51,52)42(31)23-32-8-5-9-32/h6,11,13-14,16-17,24-25,31-32,35,38-39,42H,3-5,7-10,12,15,18-23,26-30H2,1-2H3,(H,46,50)/b17-6+/t31-,35-,38-,39+,42+,44-/m0/s1. The van der Waals surface area contributed by atoms with Crippen molar-refractivity contribution in [2.45, 2.75) is 94.6 Å². The van der Waals surface area contributed by atoms with Crippen molar-refractivity contribution >= 4 is 33.2 Å². The molecule has 4 heterocycles. The van der Waals surface area contributed by atoms with Crippen LogP contribution in [0.2, 0.25) is 5.02 Å². The van der Waals surface area contributed by atoms with Gasteiger partial charge in [-0.15, -0.1) is 0 Å². The number of morpholine rings is 1. The van der Waals surface area contributed by atoms with Crippen LogP contribution in [0.15, 0.2) is 48.6 Å². The molecule has 12 heteroatoms. The van der Waals surface area contributed by atoms with Crippen molar-refractivity contribution in [3.05, 3.63) is 70.3 Å². The van der Waals surface area contributed by atoms with E-state index in [1.54, 1.807) is 6.07 Å². The van der Waals surface area contributed by atoms with Crippen LogP contribution >= 0.6 is 11.6 Å². The highest BCUT2D eigenvalue weighted by Gasteiger charge is 2.49. The highest BCUT2D eigenvalue weighted by atomic mass is 35.5. The van der Waals surface area contributed by atoms with Gasteiger partial charge in [0.25, 0.3) is 5.91 Å². The summed E-state index contributed by atoms with van der Waals surface area (Å²) < 4.78 is 50.4. The second-order valence-corrected chi connectivity index (χ2v) is 19.9. The molecule has 10 nitrogen and oxygen atoms in total. The summed E-state index contributed by atoms with van der Waals surface area (Å²) in [5.41, 5.74) is 2.91. The quantitative estimate of drug-likeness (QED) is 0.331. The fourth-order valence-corrected chi connectivity index (χ4v) is 12.3. The van der Waals surface area contributed by atoms with Crippen molar-refractivity contribution in [2.24, 2.45) is 23.7 Å². The van der Waals surface area contributed by atoms with Gasteiger partial charge in [-0.1, -0.05) is 56.0 Å². The molecule has 2 saturated heterocycles. The number of sulfonamides is 1. The number of allylic oxidation sites excluding steroid dienone is 1. The van der Waals surface area contributed by atoms with E-state index >= 15 is 0 Å². The number of nitrogens with zero attached hydrogens (tertiary/aromatic N) is 3. The molecule has 1 N–H and O–H groups in total. The SMILES string of the molecule is CO[C@]1(CN2CCN3CCOC[C@@H]3C2)/C=C/C[C@H](C)[C@@H](CC2CCC2)S(=O)(=O)NC(=O)c2ccc3c(c2)N(CCCCc2cc(Cl)ccc2CO3)C[C@@H]2CC[C@H]21. The van der Waals surface area contributed by atoms with Gasteiger partial charge in [0.1, 0.15) is 18.0 Å². The van der Waals surface area contributed by atoms with Crippen LogP contribution in [0.5, 0.6) is 5.75 Å². The topological polar surface area (TPSA) is 101 Å². The van der Waals surface area contributed by atoms with Crippen LogP contribution in [-0.4, -0.2) is 107 Å². The highest BCUT2D eigenvalue weighted by Crippen LogP contribution is 2.47. The van der Waals surface area contributed by atoms with Crippen molar-refractivity contribution in [3.63, 3.8) is 0 Å². The maximum Gasteiger partial charge on any atom is 0.264 e. The number of halogens is 1. The number of anilines is 1. The summed E-state index contributed by atoms with van der Waals surface area (Å²) in [4.78, 5) is 21.5. The Morgan fingerprint density at radius 1 is 0.982 bits per heavy atom. The zero-order valence-electron chi connectivity index (χ0n) is 33.3. The third kappa shape index (κ3) is 8.69. The summed E-state index contributed by atoms with van der Waals surface area (Å²) in [6, 6.07) is 11.8. The molecule has 1 amide bonds. The Kier molecular flexibility index (Phi) is 12.4. The average molecular weight is 810 g/mol. The van der Waals surface area contributed by atoms with Gasteiger partial charge in [-0.3, -0.25) is 14.6 Å². The summed E-state index contributed by atoms with van der Waals surface area (Å²) in [5.74, 6) is 0.893. The van der Waals surface area contributed by atoms with Crippen LogP contribution in [0.3, 0.4) is 0 Å². The molecule has 4 aliphatic heterocycles. The predicted molar refractivity (Wildman–Crippen MR) is 221 cm³/mol. The minimum atomic E-state index is -3.99. The Labute approximate surface area is 339 Å². The molecular weight excluding hydrogens is 748 g/mol. The first-order valence-electron chi connectivity index (χ1n) is 21.2.